The molecule has 7 atom stereocenters. The van der Waals surface area contributed by atoms with Gasteiger partial charge in [-0.05, 0) is 112 Å². The van der Waals surface area contributed by atoms with E-state index in [9.17, 15) is 10.2 Å². The van der Waals surface area contributed by atoms with Crippen LogP contribution in [0, 0.1) is 41.4 Å². The second-order valence-corrected chi connectivity index (χ2v) is 13.9. The molecule has 5 heteroatoms. The van der Waals surface area contributed by atoms with Crippen LogP contribution in [0.4, 0.5) is 0 Å². The first kappa shape index (κ1) is 27.6. The summed E-state index contributed by atoms with van der Waals surface area (Å²) < 4.78 is 7.65. The van der Waals surface area contributed by atoms with Crippen LogP contribution in [0.1, 0.15) is 101 Å². The fourth-order valence-corrected chi connectivity index (χ4v) is 10.2. The highest BCUT2D eigenvalue weighted by molar-refractivity contribution is 5.44. The maximum atomic E-state index is 10.6. The number of aromatic hydroxyl groups is 1. The molecule has 4 aliphatic carbocycles. The lowest BCUT2D eigenvalue weighted by Gasteiger charge is -2.70. The molecule has 2 aliphatic heterocycles. The number of ether oxygens (including phenoxy) is 1. The Bertz CT molecular complexity index is 1120. The number of hydrogen-bond acceptors (Lipinski definition) is 5. The van der Waals surface area contributed by atoms with Crippen molar-refractivity contribution in [2.75, 3.05) is 13.7 Å². The quantitative estimate of drug-likeness (QED) is 0.389. The van der Waals surface area contributed by atoms with E-state index in [1.165, 1.54) is 62.5 Å². The Morgan fingerprint density at radius 3 is 2.64 bits per heavy atom. The number of fused-ring (bicyclic) bond motifs is 5. The molecule has 2 heterocycles. The van der Waals surface area contributed by atoms with Gasteiger partial charge in [-0.15, -0.1) is 0 Å². The van der Waals surface area contributed by atoms with E-state index in [0.717, 1.165) is 37.8 Å². The third-order valence-corrected chi connectivity index (χ3v) is 11.8. The third kappa shape index (κ3) is 4.55. The summed E-state index contributed by atoms with van der Waals surface area (Å²) in [6.07, 6.45) is 15.5. The first-order valence-electron chi connectivity index (χ1n) is 15.9. The van der Waals surface area contributed by atoms with Crippen molar-refractivity contribution in [3.8, 4) is 17.6 Å². The van der Waals surface area contributed by atoms with Gasteiger partial charge >= 0.3 is 0 Å². The van der Waals surface area contributed by atoms with Crippen molar-refractivity contribution in [1.82, 2.24) is 5.32 Å². The molecule has 2 saturated heterocycles. The molecule has 39 heavy (non-hydrogen) atoms. The van der Waals surface area contributed by atoms with Crippen molar-refractivity contribution < 1.29 is 14.9 Å². The number of aliphatic hydroxyl groups is 1. The van der Waals surface area contributed by atoms with Crippen molar-refractivity contribution in [3.63, 3.8) is 0 Å². The molecule has 7 rings (SSSR count). The molecule has 5 nitrogen and oxygen atoms in total. The molecule has 7 unspecified atom stereocenters. The normalized spacial score (nSPS) is 40.1. The van der Waals surface area contributed by atoms with Crippen LogP contribution in [0.15, 0.2) is 12.1 Å². The second-order valence-electron chi connectivity index (χ2n) is 13.9. The van der Waals surface area contributed by atoms with Gasteiger partial charge in [0.25, 0.3) is 0 Å². The molecule has 4 bridgehead atoms. The van der Waals surface area contributed by atoms with E-state index in [1.54, 1.807) is 0 Å². The topological polar surface area (TPSA) is 87.7 Å². The lowest BCUT2D eigenvalue weighted by molar-refractivity contribution is -0.329. The summed E-state index contributed by atoms with van der Waals surface area (Å²) in [7, 11) is 1.97. The van der Waals surface area contributed by atoms with E-state index in [1.807, 2.05) is 19.2 Å². The Morgan fingerprint density at radius 1 is 1.08 bits per heavy atom. The van der Waals surface area contributed by atoms with Crippen LogP contribution in [0.25, 0.3) is 0 Å². The van der Waals surface area contributed by atoms with Gasteiger partial charge in [-0.2, -0.15) is 0 Å². The predicted octanol–water partition coefficient (Wildman–Crippen LogP) is 5.23. The van der Waals surface area contributed by atoms with Gasteiger partial charge in [-0.25, -0.2) is 0 Å². The SMILES string of the molecule is CNCc1cc(O)cc2c1CC1CCCC(C1)C13CCC(C(N)(CCO)C1C#CC2)C(C)(C1CCCCC1)O3. The van der Waals surface area contributed by atoms with E-state index in [4.69, 9.17) is 10.5 Å². The zero-order chi connectivity index (χ0) is 27.3. The van der Waals surface area contributed by atoms with Crippen LogP contribution in [-0.4, -0.2) is 40.6 Å². The van der Waals surface area contributed by atoms with Gasteiger partial charge in [-0.1, -0.05) is 43.9 Å². The molecule has 5 fully saturated rings. The number of rotatable bonds is 5. The summed E-state index contributed by atoms with van der Waals surface area (Å²) in [5.74, 6) is 9.38. The summed E-state index contributed by atoms with van der Waals surface area (Å²) in [6.45, 7) is 3.24. The van der Waals surface area contributed by atoms with E-state index >= 15 is 0 Å². The maximum absolute atomic E-state index is 10.6. The summed E-state index contributed by atoms with van der Waals surface area (Å²) in [5.41, 5.74) is 10.2. The minimum Gasteiger partial charge on any atom is -0.508 e. The second kappa shape index (κ2) is 10.7. The van der Waals surface area contributed by atoms with E-state index < -0.39 is 5.54 Å². The van der Waals surface area contributed by atoms with Gasteiger partial charge in [0.15, 0.2) is 0 Å². The molecule has 6 aliphatic rings. The average molecular weight is 535 g/mol. The van der Waals surface area contributed by atoms with Crippen molar-refractivity contribution in [2.45, 2.75) is 120 Å². The number of phenolic OH excluding ortho intramolecular Hbond substituents is 1. The van der Waals surface area contributed by atoms with Crippen LogP contribution in [-0.2, 0) is 24.1 Å². The lowest BCUT2D eigenvalue weighted by atomic mass is 9.46. The largest absolute Gasteiger partial charge is 0.508 e. The van der Waals surface area contributed by atoms with Gasteiger partial charge in [0, 0.05) is 31.0 Å². The molecule has 1 aromatic carbocycles. The highest BCUT2D eigenvalue weighted by Gasteiger charge is 2.70. The smallest absolute Gasteiger partial charge is 0.116 e. The molecule has 0 radical (unpaired) electrons. The van der Waals surface area contributed by atoms with Crippen molar-refractivity contribution in [1.29, 1.82) is 0 Å². The number of hydrogen-bond donors (Lipinski definition) is 4. The van der Waals surface area contributed by atoms with Crippen LogP contribution in [0.5, 0.6) is 5.75 Å². The van der Waals surface area contributed by atoms with Gasteiger partial charge in [0.2, 0.25) is 0 Å². The third-order valence-electron chi connectivity index (χ3n) is 11.8. The zero-order valence-corrected chi connectivity index (χ0v) is 24.2. The van der Waals surface area contributed by atoms with Crippen LogP contribution >= 0.6 is 0 Å². The molecule has 1 aromatic rings. The Hall–Kier alpha value is -1.58. The minimum atomic E-state index is -0.551. The fraction of sp³-hybridized carbons (Fsp3) is 0.765. The molecular formula is C34H50N2O3. The lowest BCUT2D eigenvalue weighted by Crippen LogP contribution is -2.79. The van der Waals surface area contributed by atoms with E-state index in [-0.39, 0.29) is 29.6 Å². The predicted molar refractivity (Wildman–Crippen MR) is 155 cm³/mol. The molecule has 3 saturated carbocycles. The number of aliphatic hydroxyl groups excluding tert-OH is 1. The molecule has 214 valence electrons. The van der Waals surface area contributed by atoms with Gasteiger partial charge in [-0.3, -0.25) is 0 Å². The fourth-order valence-electron chi connectivity index (χ4n) is 10.2. The minimum absolute atomic E-state index is 0.0769. The Morgan fingerprint density at radius 2 is 1.87 bits per heavy atom. The van der Waals surface area contributed by atoms with Gasteiger partial charge in [0.05, 0.1) is 17.1 Å². The molecule has 0 aromatic heterocycles. The number of benzene rings is 1. The van der Waals surface area contributed by atoms with Crippen molar-refractivity contribution in [3.05, 3.63) is 28.8 Å². The van der Waals surface area contributed by atoms with Gasteiger partial charge in [0.1, 0.15) is 5.75 Å². The Labute approximate surface area is 235 Å². The molecule has 5 N–H and O–H groups in total. The highest BCUT2D eigenvalue weighted by Crippen LogP contribution is 2.64. The number of phenols is 1. The van der Waals surface area contributed by atoms with Crippen LogP contribution < -0.4 is 11.1 Å². The standard InChI is InChI=1S/C34H50N2O3/c1-32(26-10-4-3-5-11-26)30-14-15-34(39-32)27-12-6-8-23(18-27)19-29-24(20-28(38)21-25(29)22-36-2)9-7-13-31(34)33(30,35)16-17-37/h20-21,23,26-27,30-31,36-38H,3-6,8-12,14-19,22,35H2,1-2H3. The van der Waals surface area contributed by atoms with Crippen molar-refractivity contribution >= 4 is 0 Å². The first-order valence-corrected chi connectivity index (χ1v) is 15.9. The average Bonchev–Trinajstić information content (AvgIpc) is 2.94. The van der Waals surface area contributed by atoms with Crippen LogP contribution in [0.2, 0.25) is 0 Å². The van der Waals surface area contributed by atoms with Gasteiger partial charge < -0.3 is 26.0 Å². The van der Waals surface area contributed by atoms with E-state index in [0.29, 0.717) is 36.3 Å². The Kier molecular flexibility index (Phi) is 7.55. The Balaban J connectivity index is 1.47. The summed E-state index contributed by atoms with van der Waals surface area (Å²) >= 11 is 0. The summed E-state index contributed by atoms with van der Waals surface area (Å²) in [6, 6.07) is 3.87. The number of nitrogens with two attached hydrogens (primary N) is 1. The highest BCUT2D eigenvalue weighted by atomic mass is 16.5. The first-order chi connectivity index (χ1) is 18.8. The monoisotopic (exact) mass is 534 g/mol. The zero-order valence-electron chi connectivity index (χ0n) is 24.2. The maximum Gasteiger partial charge on any atom is 0.116 e. The van der Waals surface area contributed by atoms with E-state index in [2.05, 4.69) is 24.1 Å². The molecular weight excluding hydrogens is 484 g/mol. The number of nitrogens with one attached hydrogen (secondary N) is 1. The summed E-state index contributed by atoms with van der Waals surface area (Å²) in [5, 5.41) is 24.3. The van der Waals surface area contributed by atoms with Crippen LogP contribution in [0.3, 0.4) is 0 Å². The van der Waals surface area contributed by atoms with Crippen molar-refractivity contribution in [2.24, 2.45) is 35.3 Å². The molecule has 0 amide bonds. The molecule has 1 spiro atoms. The summed E-state index contributed by atoms with van der Waals surface area (Å²) in [4.78, 5) is 0.